The molecule has 0 radical (unpaired) electrons. The van der Waals surface area contributed by atoms with E-state index >= 15 is 0 Å². The van der Waals surface area contributed by atoms with Crippen LogP contribution in [0.15, 0.2) is 48.7 Å². The van der Waals surface area contributed by atoms with Crippen molar-refractivity contribution in [2.75, 3.05) is 13.2 Å². The number of para-hydroxylation sites is 2. The molecule has 1 aliphatic heterocycles. The average molecular weight is 353 g/mol. The van der Waals surface area contributed by atoms with Crippen molar-refractivity contribution in [1.82, 2.24) is 25.2 Å². The number of aromatic nitrogens is 3. The summed E-state index contributed by atoms with van der Waals surface area (Å²) in [4.78, 5) is 12.2. The number of nitrogens with one attached hydrogen (secondary N) is 2. The van der Waals surface area contributed by atoms with Gasteiger partial charge in [-0.25, -0.2) is 4.79 Å². The first-order valence-corrected chi connectivity index (χ1v) is 8.43. The molecule has 8 heteroatoms. The Bertz CT molecular complexity index is 926. The Hall–Kier alpha value is -3.29. The van der Waals surface area contributed by atoms with E-state index < -0.39 is 0 Å². The quantitative estimate of drug-likeness (QED) is 0.748. The molecule has 1 aliphatic rings. The predicted molar refractivity (Wildman–Crippen MR) is 94.3 cm³/mol. The number of benzene rings is 1. The van der Waals surface area contributed by atoms with Crippen LogP contribution in [0.5, 0.6) is 11.5 Å². The number of rotatable bonds is 4. The molecule has 0 fully saturated rings. The number of ether oxygens (including phenoxy) is 2. The van der Waals surface area contributed by atoms with Crippen LogP contribution in [0.25, 0.3) is 5.65 Å². The maximum absolute atomic E-state index is 12.2. The molecule has 1 aromatic carbocycles. The summed E-state index contributed by atoms with van der Waals surface area (Å²) in [6.45, 7) is 2.59. The van der Waals surface area contributed by atoms with Gasteiger partial charge in [0.25, 0.3) is 0 Å². The van der Waals surface area contributed by atoms with Crippen LogP contribution >= 0.6 is 0 Å². The molecule has 3 aromatic rings. The number of carbonyl (C=O) groups is 1. The first-order chi connectivity index (χ1) is 12.7. The van der Waals surface area contributed by atoms with Crippen molar-refractivity contribution in [3.05, 3.63) is 54.5 Å². The zero-order valence-electron chi connectivity index (χ0n) is 14.3. The lowest BCUT2D eigenvalue weighted by Gasteiger charge is -2.26. The molecule has 4 rings (SSSR count). The molecule has 3 heterocycles. The van der Waals surface area contributed by atoms with Gasteiger partial charge in [0.2, 0.25) is 0 Å². The summed E-state index contributed by atoms with van der Waals surface area (Å²) < 4.78 is 13.3. The molecular weight excluding hydrogens is 334 g/mol. The van der Waals surface area contributed by atoms with Crippen molar-refractivity contribution in [3.8, 4) is 11.5 Å². The number of amides is 2. The van der Waals surface area contributed by atoms with Gasteiger partial charge in [-0.3, -0.25) is 4.40 Å². The largest absolute Gasteiger partial charge is 0.486 e. The van der Waals surface area contributed by atoms with Crippen LogP contribution < -0.4 is 20.1 Å². The van der Waals surface area contributed by atoms with Crippen molar-refractivity contribution in [2.45, 2.75) is 19.1 Å². The van der Waals surface area contributed by atoms with Gasteiger partial charge in [0.15, 0.2) is 29.1 Å². The van der Waals surface area contributed by atoms with Crippen LogP contribution in [0.2, 0.25) is 0 Å². The minimum absolute atomic E-state index is 0.236. The number of nitrogens with zero attached hydrogens (tertiary/aromatic N) is 3. The molecule has 0 saturated carbocycles. The van der Waals surface area contributed by atoms with Crippen molar-refractivity contribution in [2.24, 2.45) is 0 Å². The van der Waals surface area contributed by atoms with Crippen LogP contribution in [0, 0.1) is 0 Å². The second-order valence-electron chi connectivity index (χ2n) is 6.06. The van der Waals surface area contributed by atoms with Crippen molar-refractivity contribution >= 4 is 11.7 Å². The second-order valence-corrected chi connectivity index (χ2v) is 6.06. The Morgan fingerprint density at radius 1 is 1.23 bits per heavy atom. The number of urea groups is 1. The summed E-state index contributed by atoms with van der Waals surface area (Å²) in [7, 11) is 0. The normalized spacial score (nSPS) is 16.9. The van der Waals surface area contributed by atoms with Gasteiger partial charge in [-0.1, -0.05) is 18.2 Å². The monoisotopic (exact) mass is 353 g/mol. The van der Waals surface area contributed by atoms with Crippen molar-refractivity contribution < 1.29 is 14.3 Å². The van der Waals surface area contributed by atoms with Crippen LogP contribution in [-0.4, -0.2) is 39.9 Å². The van der Waals surface area contributed by atoms with Crippen molar-refractivity contribution in [1.29, 1.82) is 0 Å². The second kappa shape index (κ2) is 6.91. The average Bonchev–Trinajstić information content (AvgIpc) is 3.10. The van der Waals surface area contributed by atoms with E-state index in [4.69, 9.17) is 9.47 Å². The fourth-order valence-electron chi connectivity index (χ4n) is 2.84. The molecule has 0 aliphatic carbocycles. The number of hydrogen-bond donors (Lipinski definition) is 2. The first-order valence-electron chi connectivity index (χ1n) is 8.43. The molecule has 2 aromatic heterocycles. The highest BCUT2D eigenvalue weighted by Crippen LogP contribution is 2.30. The molecule has 0 spiro atoms. The number of pyridine rings is 1. The van der Waals surface area contributed by atoms with Gasteiger partial charge in [0.05, 0.1) is 12.6 Å². The van der Waals surface area contributed by atoms with Gasteiger partial charge in [-0.2, -0.15) is 0 Å². The predicted octanol–water partition coefficient (Wildman–Crippen LogP) is 1.93. The summed E-state index contributed by atoms with van der Waals surface area (Å²) in [5.74, 6) is 2.08. The zero-order valence-corrected chi connectivity index (χ0v) is 14.3. The first kappa shape index (κ1) is 16.2. The van der Waals surface area contributed by atoms with Gasteiger partial charge in [0.1, 0.15) is 6.61 Å². The van der Waals surface area contributed by atoms with Gasteiger partial charge < -0.3 is 20.1 Å². The maximum Gasteiger partial charge on any atom is 0.315 e. The Morgan fingerprint density at radius 3 is 2.92 bits per heavy atom. The molecule has 0 saturated heterocycles. The Kier molecular flexibility index (Phi) is 4.30. The lowest BCUT2D eigenvalue weighted by Crippen LogP contribution is -2.45. The third-order valence-electron chi connectivity index (χ3n) is 4.13. The molecule has 2 N–H and O–H groups in total. The van der Waals surface area contributed by atoms with Gasteiger partial charge >= 0.3 is 6.03 Å². The Morgan fingerprint density at radius 2 is 2.04 bits per heavy atom. The molecule has 134 valence electrons. The molecule has 2 unspecified atom stereocenters. The summed E-state index contributed by atoms with van der Waals surface area (Å²) in [6, 6.07) is 12.5. The number of carbonyl (C=O) groups excluding carboxylic acids is 1. The minimum Gasteiger partial charge on any atom is -0.486 e. The lowest BCUT2D eigenvalue weighted by molar-refractivity contribution is 0.0917. The van der Waals surface area contributed by atoms with E-state index in [9.17, 15) is 4.79 Å². The molecule has 8 nitrogen and oxygen atoms in total. The summed E-state index contributed by atoms with van der Waals surface area (Å²) in [5, 5.41) is 13.9. The standard InChI is InChI=1S/C18H19N5O3/c1-12(17-22-21-16-8-4-5-9-23(16)17)20-18(24)19-10-13-11-25-14-6-2-3-7-15(14)26-13/h2-9,12-13H,10-11H2,1H3,(H2,19,20,24). The summed E-state index contributed by atoms with van der Waals surface area (Å²) >= 11 is 0. The molecule has 0 bridgehead atoms. The van der Waals surface area contributed by atoms with Crippen molar-refractivity contribution in [3.63, 3.8) is 0 Å². The number of fused-ring (bicyclic) bond motifs is 2. The highest BCUT2D eigenvalue weighted by molar-refractivity contribution is 5.74. The SMILES string of the molecule is CC(NC(=O)NCC1COc2ccccc2O1)c1nnc2ccccn12. The van der Waals surface area contributed by atoms with Crippen LogP contribution in [0.1, 0.15) is 18.8 Å². The lowest BCUT2D eigenvalue weighted by atomic mass is 10.2. The van der Waals surface area contributed by atoms with Crippen LogP contribution in [-0.2, 0) is 0 Å². The Balaban J connectivity index is 1.32. The molecular formula is C18H19N5O3. The van der Waals surface area contributed by atoms with Gasteiger partial charge in [0, 0.05) is 6.20 Å². The smallest absolute Gasteiger partial charge is 0.315 e. The zero-order chi connectivity index (χ0) is 17.9. The summed E-state index contributed by atoms with van der Waals surface area (Å²) in [5.41, 5.74) is 0.739. The third-order valence-corrected chi connectivity index (χ3v) is 4.13. The molecule has 26 heavy (non-hydrogen) atoms. The topological polar surface area (TPSA) is 89.8 Å². The third kappa shape index (κ3) is 3.26. The summed E-state index contributed by atoms with van der Waals surface area (Å²) in [6.07, 6.45) is 1.63. The highest BCUT2D eigenvalue weighted by Gasteiger charge is 2.22. The van der Waals surface area contributed by atoms with E-state index in [1.54, 1.807) is 0 Å². The van der Waals surface area contributed by atoms with Crippen LogP contribution in [0.3, 0.4) is 0 Å². The molecule has 2 atom stereocenters. The van der Waals surface area contributed by atoms with E-state index in [0.717, 1.165) is 11.4 Å². The fourth-order valence-corrected chi connectivity index (χ4v) is 2.84. The maximum atomic E-state index is 12.2. The minimum atomic E-state index is -0.298. The van der Waals surface area contributed by atoms with Gasteiger partial charge in [-0.15, -0.1) is 10.2 Å². The van der Waals surface area contributed by atoms with E-state index in [-0.39, 0.29) is 18.2 Å². The van der Waals surface area contributed by atoms with Crippen LogP contribution in [0.4, 0.5) is 4.79 Å². The van der Waals surface area contributed by atoms with E-state index in [1.807, 2.05) is 60.0 Å². The van der Waals surface area contributed by atoms with Gasteiger partial charge in [-0.05, 0) is 31.2 Å². The number of hydrogen-bond acceptors (Lipinski definition) is 5. The van der Waals surface area contributed by atoms with E-state index in [2.05, 4.69) is 20.8 Å². The van der Waals surface area contributed by atoms with E-state index in [0.29, 0.717) is 24.7 Å². The Labute approximate surface area is 150 Å². The fraction of sp³-hybridized carbons (Fsp3) is 0.278. The highest BCUT2D eigenvalue weighted by atomic mass is 16.6. The van der Waals surface area contributed by atoms with E-state index in [1.165, 1.54) is 0 Å². The molecule has 2 amide bonds.